The number of aromatic nitrogens is 2. The highest BCUT2D eigenvalue weighted by Crippen LogP contribution is 2.19. The zero-order valence-corrected chi connectivity index (χ0v) is 9.94. The molecule has 5 nitrogen and oxygen atoms in total. The van der Waals surface area contributed by atoms with Crippen molar-refractivity contribution in [1.29, 1.82) is 0 Å². The summed E-state index contributed by atoms with van der Waals surface area (Å²) in [6.07, 6.45) is 0. The molecule has 2 rings (SSSR count). The van der Waals surface area contributed by atoms with Crippen molar-refractivity contribution < 1.29 is 9.90 Å². The monoisotopic (exact) mass is 249 g/mol. The minimum atomic E-state index is -1.07. The topological polar surface area (TPSA) is 75.1 Å². The van der Waals surface area contributed by atoms with Gasteiger partial charge in [-0.1, -0.05) is 0 Å². The summed E-state index contributed by atoms with van der Waals surface area (Å²) >= 11 is 1.63. The molecule has 88 valence electrons. The van der Waals surface area contributed by atoms with Gasteiger partial charge in [0.15, 0.2) is 5.69 Å². The van der Waals surface area contributed by atoms with Gasteiger partial charge in [0.05, 0.1) is 6.04 Å². The van der Waals surface area contributed by atoms with Crippen LogP contribution in [0, 0.1) is 0 Å². The zero-order chi connectivity index (χ0) is 12.3. The minimum Gasteiger partial charge on any atom is -0.476 e. The lowest BCUT2D eigenvalue weighted by molar-refractivity contribution is 0.0689. The molecule has 0 aromatic carbocycles. The lowest BCUT2D eigenvalue weighted by atomic mass is 10.2. The molecule has 0 saturated heterocycles. The molecular weight excluding hydrogens is 238 g/mol. The lowest BCUT2D eigenvalue weighted by Crippen LogP contribution is -2.09. The van der Waals surface area contributed by atoms with Crippen molar-refractivity contribution in [2.75, 3.05) is 5.32 Å². The Hall–Kier alpha value is -1.95. The molecule has 2 N–H and O–H groups in total. The first-order valence-electron chi connectivity index (χ1n) is 5.02. The number of hydrogen-bond donors (Lipinski definition) is 2. The molecule has 0 aliphatic carbocycles. The summed E-state index contributed by atoms with van der Waals surface area (Å²) in [4.78, 5) is 10.6. The van der Waals surface area contributed by atoms with Crippen LogP contribution in [0.15, 0.2) is 29.0 Å². The average molecular weight is 249 g/mol. The number of carbonyl (C=O) groups is 1. The number of hydrogen-bond acceptors (Lipinski definition) is 5. The fraction of sp³-hybridized carbons (Fsp3) is 0.182. The van der Waals surface area contributed by atoms with Crippen molar-refractivity contribution in [2.45, 2.75) is 13.0 Å². The lowest BCUT2D eigenvalue weighted by Gasteiger charge is -2.12. The number of rotatable bonds is 4. The first-order valence-corrected chi connectivity index (χ1v) is 5.97. The van der Waals surface area contributed by atoms with E-state index >= 15 is 0 Å². The summed E-state index contributed by atoms with van der Waals surface area (Å²) in [7, 11) is 0. The van der Waals surface area contributed by atoms with Crippen LogP contribution in [0.3, 0.4) is 0 Å². The highest BCUT2D eigenvalue weighted by Gasteiger charge is 2.08. The maximum atomic E-state index is 10.6. The third kappa shape index (κ3) is 2.79. The normalized spacial score (nSPS) is 12.1. The maximum absolute atomic E-state index is 10.6. The van der Waals surface area contributed by atoms with Crippen LogP contribution in [0.1, 0.15) is 29.0 Å². The van der Waals surface area contributed by atoms with Crippen LogP contribution >= 0.6 is 11.3 Å². The molecule has 1 unspecified atom stereocenters. The molecule has 2 aromatic heterocycles. The van der Waals surface area contributed by atoms with Gasteiger partial charge in [0.25, 0.3) is 0 Å². The van der Waals surface area contributed by atoms with Crippen molar-refractivity contribution in [1.82, 2.24) is 10.2 Å². The maximum Gasteiger partial charge on any atom is 0.356 e. The van der Waals surface area contributed by atoms with Gasteiger partial charge in [-0.05, 0) is 41.4 Å². The molecule has 0 aliphatic rings. The second kappa shape index (κ2) is 4.92. The number of aromatic carboxylic acids is 1. The van der Waals surface area contributed by atoms with E-state index < -0.39 is 5.97 Å². The van der Waals surface area contributed by atoms with Gasteiger partial charge in [0, 0.05) is 0 Å². The Bertz CT molecular complexity index is 496. The third-order valence-electron chi connectivity index (χ3n) is 2.29. The number of carboxylic acid groups (broad SMARTS) is 1. The molecule has 2 heterocycles. The SMILES string of the molecule is CC(Nc1ccc(C(=O)O)nn1)c1ccsc1. The second-order valence-corrected chi connectivity index (χ2v) is 4.31. The quantitative estimate of drug-likeness (QED) is 0.870. The second-order valence-electron chi connectivity index (χ2n) is 3.53. The van der Waals surface area contributed by atoms with E-state index in [1.54, 1.807) is 17.4 Å². The van der Waals surface area contributed by atoms with Crippen LogP contribution in [0.25, 0.3) is 0 Å². The molecule has 1 atom stereocenters. The van der Waals surface area contributed by atoms with Crippen LogP contribution in [0.2, 0.25) is 0 Å². The smallest absolute Gasteiger partial charge is 0.356 e. The average Bonchev–Trinajstić information content (AvgIpc) is 2.83. The van der Waals surface area contributed by atoms with Crippen molar-refractivity contribution in [2.24, 2.45) is 0 Å². The van der Waals surface area contributed by atoms with Crippen LogP contribution in [-0.2, 0) is 0 Å². The molecule has 2 aromatic rings. The predicted molar refractivity (Wildman–Crippen MR) is 65.3 cm³/mol. The molecule has 17 heavy (non-hydrogen) atoms. The van der Waals surface area contributed by atoms with Gasteiger partial charge in [-0.2, -0.15) is 11.3 Å². The number of anilines is 1. The Morgan fingerprint density at radius 3 is 2.76 bits per heavy atom. The van der Waals surface area contributed by atoms with E-state index in [0.717, 1.165) is 0 Å². The number of thiophene rings is 1. The molecule has 0 aliphatic heterocycles. The van der Waals surface area contributed by atoms with Gasteiger partial charge in [0.2, 0.25) is 0 Å². The van der Waals surface area contributed by atoms with E-state index in [1.807, 2.05) is 18.4 Å². The van der Waals surface area contributed by atoms with Gasteiger partial charge in [-0.15, -0.1) is 10.2 Å². The van der Waals surface area contributed by atoms with E-state index in [9.17, 15) is 4.79 Å². The van der Waals surface area contributed by atoms with Crippen LogP contribution in [0.4, 0.5) is 5.82 Å². The summed E-state index contributed by atoms with van der Waals surface area (Å²) in [6.45, 7) is 2.01. The van der Waals surface area contributed by atoms with E-state index in [0.29, 0.717) is 5.82 Å². The van der Waals surface area contributed by atoms with E-state index in [2.05, 4.69) is 20.9 Å². The number of nitrogens with one attached hydrogen (secondary N) is 1. The Morgan fingerprint density at radius 1 is 1.41 bits per heavy atom. The van der Waals surface area contributed by atoms with Crippen molar-refractivity contribution >= 4 is 23.1 Å². The Kier molecular flexibility index (Phi) is 3.34. The first kappa shape index (κ1) is 11.5. The Labute approximate surface area is 102 Å². The highest BCUT2D eigenvalue weighted by atomic mass is 32.1. The van der Waals surface area contributed by atoms with Crippen LogP contribution in [0.5, 0.6) is 0 Å². The van der Waals surface area contributed by atoms with Gasteiger partial charge in [-0.3, -0.25) is 0 Å². The molecule has 0 saturated carbocycles. The highest BCUT2D eigenvalue weighted by molar-refractivity contribution is 7.07. The predicted octanol–water partition coefficient (Wildman–Crippen LogP) is 2.41. The minimum absolute atomic E-state index is 0.0567. The molecule has 0 radical (unpaired) electrons. The summed E-state index contributed by atoms with van der Waals surface area (Å²) < 4.78 is 0. The van der Waals surface area contributed by atoms with Crippen molar-refractivity contribution in [3.8, 4) is 0 Å². The fourth-order valence-corrected chi connectivity index (χ4v) is 2.10. The standard InChI is InChI=1S/C11H11N3O2S/c1-7(8-4-5-17-6-8)12-10-3-2-9(11(15)16)13-14-10/h2-7H,1H3,(H,12,14)(H,15,16). The summed E-state index contributed by atoms with van der Waals surface area (Å²) in [5.41, 5.74) is 1.11. The molecule has 6 heteroatoms. The van der Waals surface area contributed by atoms with E-state index in [-0.39, 0.29) is 11.7 Å². The zero-order valence-electron chi connectivity index (χ0n) is 9.12. The Morgan fingerprint density at radius 2 is 2.24 bits per heavy atom. The van der Waals surface area contributed by atoms with E-state index in [4.69, 9.17) is 5.11 Å². The van der Waals surface area contributed by atoms with Crippen LogP contribution < -0.4 is 5.32 Å². The number of carboxylic acids is 1. The molecular formula is C11H11N3O2S. The van der Waals surface area contributed by atoms with E-state index in [1.165, 1.54) is 11.6 Å². The fourth-order valence-electron chi connectivity index (χ4n) is 1.35. The molecule has 0 fully saturated rings. The summed E-state index contributed by atoms with van der Waals surface area (Å²) in [5.74, 6) is -0.511. The van der Waals surface area contributed by atoms with Gasteiger partial charge < -0.3 is 10.4 Å². The third-order valence-corrected chi connectivity index (χ3v) is 2.99. The summed E-state index contributed by atoms with van der Waals surface area (Å²) in [5, 5.41) is 23.3. The van der Waals surface area contributed by atoms with Crippen molar-refractivity contribution in [3.05, 3.63) is 40.2 Å². The largest absolute Gasteiger partial charge is 0.476 e. The van der Waals surface area contributed by atoms with Crippen molar-refractivity contribution in [3.63, 3.8) is 0 Å². The number of nitrogens with zero attached hydrogens (tertiary/aromatic N) is 2. The van der Waals surface area contributed by atoms with Gasteiger partial charge >= 0.3 is 5.97 Å². The van der Waals surface area contributed by atoms with Gasteiger partial charge in [-0.25, -0.2) is 4.79 Å². The van der Waals surface area contributed by atoms with Crippen LogP contribution in [-0.4, -0.2) is 21.3 Å². The Balaban J connectivity index is 2.06. The summed E-state index contributed by atoms with van der Waals surface area (Å²) in [6, 6.07) is 5.19. The molecule has 0 amide bonds. The molecule has 0 bridgehead atoms. The first-order chi connectivity index (χ1) is 8.16. The van der Waals surface area contributed by atoms with Gasteiger partial charge in [0.1, 0.15) is 5.82 Å². The molecule has 0 spiro atoms.